The molecule has 0 aliphatic carbocycles. The van der Waals surface area contributed by atoms with Crippen LogP contribution < -0.4 is 0 Å². The minimum Gasteiger partial charge on any atom is -0.481 e. The number of carboxylic acid groups (broad SMARTS) is 2. The fourth-order valence-corrected chi connectivity index (χ4v) is 2.90. The number of carbonyl (C=O) groups is 2. The lowest BCUT2D eigenvalue weighted by atomic mass is 9.92. The summed E-state index contributed by atoms with van der Waals surface area (Å²) >= 11 is 4.14. The molecule has 2 N–H and O–H groups in total. The fraction of sp³-hybridized carbons (Fsp3) is 0.263. The SMILES string of the molecule is O=C(O)c1ccccc1-c1cccc(CC(CCCS)C(=O)O)c1. The minimum atomic E-state index is -0.979. The normalized spacial score (nSPS) is 11.9. The summed E-state index contributed by atoms with van der Waals surface area (Å²) in [6.45, 7) is 0. The number of benzene rings is 2. The largest absolute Gasteiger partial charge is 0.481 e. The van der Waals surface area contributed by atoms with Crippen molar-refractivity contribution >= 4 is 24.6 Å². The van der Waals surface area contributed by atoms with Gasteiger partial charge in [0.05, 0.1) is 11.5 Å². The molecular weight excluding hydrogens is 324 g/mol. The Balaban J connectivity index is 2.29. The summed E-state index contributed by atoms with van der Waals surface area (Å²) in [4.78, 5) is 22.8. The number of carboxylic acids is 2. The molecule has 2 rings (SSSR count). The third-order valence-electron chi connectivity index (χ3n) is 3.94. The van der Waals surface area contributed by atoms with Gasteiger partial charge in [0.2, 0.25) is 0 Å². The van der Waals surface area contributed by atoms with Gasteiger partial charge < -0.3 is 10.2 Å². The summed E-state index contributed by atoms with van der Waals surface area (Å²) in [5, 5.41) is 18.7. The Kier molecular flexibility index (Phi) is 6.44. The van der Waals surface area contributed by atoms with Crippen molar-refractivity contribution in [3.05, 3.63) is 59.7 Å². The second kappa shape index (κ2) is 8.55. The third-order valence-corrected chi connectivity index (χ3v) is 4.25. The zero-order valence-corrected chi connectivity index (χ0v) is 14.1. The molecule has 0 bridgehead atoms. The molecule has 0 aromatic heterocycles. The second-order valence-corrected chi connectivity index (χ2v) is 6.10. The van der Waals surface area contributed by atoms with E-state index in [-0.39, 0.29) is 5.56 Å². The Morgan fingerprint density at radius 3 is 2.46 bits per heavy atom. The van der Waals surface area contributed by atoms with Crippen molar-refractivity contribution in [3.63, 3.8) is 0 Å². The van der Waals surface area contributed by atoms with Gasteiger partial charge in [-0.2, -0.15) is 12.6 Å². The number of hydrogen-bond acceptors (Lipinski definition) is 3. The molecule has 2 aromatic carbocycles. The van der Waals surface area contributed by atoms with E-state index in [0.717, 1.165) is 17.5 Å². The van der Waals surface area contributed by atoms with E-state index in [0.29, 0.717) is 24.2 Å². The average Bonchev–Trinajstić information content (AvgIpc) is 2.58. The lowest BCUT2D eigenvalue weighted by Gasteiger charge is -2.13. The minimum absolute atomic E-state index is 0.236. The van der Waals surface area contributed by atoms with E-state index in [1.807, 2.05) is 24.3 Å². The second-order valence-electron chi connectivity index (χ2n) is 5.66. The number of aliphatic carboxylic acids is 1. The van der Waals surface area contributed by atoms with Crippen molar-refractivity contribution in [2.75, 3.05) is 5.75 Å². The summed E-state index contributed by atoms with van der Waals surface area (Å²) in [7, 11) is 0. The number of thiol groups is 1. The maximum atomic E-state index is 11.4. The van der Waals surface area contributed by atoms with Gasteiger partial charge >= 0.3 is 11.9 Å². The van der Waals surface area contributed by atoms with Crippen molar-refractivity contribution in [1.82, 2.24) is 0 Å². The van der Waals surface area contributed by atoms with Gasteiger partial charge in [-0.3, -0.25) is 4.79 Å². The molecule has 0 amide bonds. The molecule has 0 spiro atoms. The highest BCUT2D eigenvalue weighted by Gasteiger charge is 2.18. The average molecular weight is 344 g/mol. The van der Waals surface area contributed by atoms with Crippen LogP contribution in [0.3, 0.4) is 0 Å². The molecule has 1 unspecified atom stereocenters. The molecule has 1 atom stereocenters. The van der Waals surface area contributed by atoms with E-state index < -0.39 is 17.9 Å². The zero-order chi connectivity index (χ0) is 17.5. The summed E-state index contributed by atoms with van der Waals surface area (Å²) in [5.41, 5.74) is 2.54. The maximum absolute atomic E-state index is 11.4. The van der Waals surface area contributed by atoms with Crippen LogP contribution in [0.5, 0.6) is 0 Å². The Bertz CT molecular complexity index is 727. The van der Waals surface area contributed by atoms with Crippen LogP contribution in [-0.2, 0) is 11.2 Å². The molecule has 2 aromatic rings. The standard InChI is InChI=1S/C19H20O4S/c20-18(21)15(7-4-10-24)12-13-5-3-6-14(11-13)16-8-1-2-9-17(16)19(22)23/h1-3,5-6,8-9,11,15,24H,4,7,10,12H2,(H,20,21)(H,22,23). The predicted molar refractivity (Wildman–Crippen MR) is 96.8 cm³/mol. The first kappa shape index (κ1) is 18.1. The van der Waals surface area contributed by atoms with Gasteiger partial charge in [0, 0.05) is 0 Å². The van der Waals surface area contributed by atoms with Crippen LogP contribution in [0.4, 0.5) is 0 Å². The van der Waals surface area contributed by atoms with E-state index in [2.05, 4.69) is 12.6 Å². The highest BCUT2D eigenvalue weighted by Crippen LogP contribution is 2.26. The van der Waals surface area contributed by atoms with Gasteiger partial charge in [-0.1, -0.05) is 42.5 Å². The van der Waals surface area contributed by atoms with E-state index in [4.69, 9.17) is 0 Å². The smallest absolute Gasteiger partial charge is 0.336 e. The third kappa shape index (κ3) is 4.61. The molecule has 0 fully saturated rings. The van der Waals surface area contributed by atoms with Crippen LogP contribution in [0.2, 0.25) is 0 Å². The quantitative estimate of drug-likeness (QED) is 0.633. The number of hydrogen-bond donors (Lipinski definition) is 3. The molecule has 0 saturated carbocycles. The molecule has 0 heterocycles. The van der Waals surface area contributed by atoms with Crippen LogP contribution in [0.15, 0.2) is 48.5 Å². The molecule has 0 aliphatic rings. The highest BCUT2D eigenvalue weighted by molar-refractivity contribution is 7.80. The van der Waals surface area contributed by atoms with E-state index in [9.17, 15) is 19.8 Å². The van der Waals surface area contributed by atoms with E-state index >= 15 is 0 Å². The van der Waals surface area contributed by atoms with Crippen LogP contribution in [-0.4, -0.2) is 27.9 Å². The first-order chi connectivity index (χ1) is 11.5. The van der Waals surface area contributed by atoms with E-state index in [1.54, 1.807) is 24.3 Å². The molecule has 0 radical (unpaired) electrons. The van der Waals surface area contributed by atoms with Crippen molar-refractivity contribution < 1.29 is 19.8 Å². The molecule has 5 heteroatoms. The van der Waals surface area contributed by atoms with Crippen molar-refractivity contribution in [2.24, 2.45) is 5.92 Å². The monoisotopic (exact) mass is 344 g/mol. The molecule has 126 valence electrons. The Morgan fingerprint density at radius 2 is 1.79 bits per heavy atom. The summed E-state index contributed by atoms with van der Waals surface area (Å²) in [5.74, 6) is -1.58. The lowest BCUT2D eigenvalue weighted by molar-refractivity contribution is -0.141. The lowest BCUT2D eigenvalue weighted by Crippen LogP contribution is -2.16. The van der Waals surface area contributed by atoms with Crippen LogP contribution >= 0.6 is 12.6 Å². The summed E-state index contributed by atoms with van der Waals surface area (Å²) < 4.78 is 0. The summed E-state index contributed by atoms with van der Waals surface area (Å²) in [6.07, 6.45) is 1.75. The molecular formula is C19H20O4S. The van der Waals surface area contributed by atoms with Crippen LogP contribution in [0.25, 0.3) is 11.1 Å². The Labute approximate surface area is 146 Å². The molecule has 0 saturated heterocycles. The van der Waals surface area contributed by atoms with Gasteiger partial charge in [-0.25, -0.2) is 4.79 Å². The van der Waals surface area contributed by atoms with Gasteiger partial charge in [0.25, 0.3) is 0 Å². The zero-order valence-electron chi connectivity index (χ0n) is 13.2. The highest BCUT2D eigenvalue weighted by atomic mass is 32.1. The van der Waals surface area contributed by atoms with Crippen LogP contribution in [0, 0.1) is 5.92 Å². The Morgan fingerprint density at radius 1 is 1.04 bits per heavy atom. The Hall–Kier alpha value is -2.27. The van der Waals surface area contributed by atoms with Gasteiger partial charge in [-0.05, 0) is 47.8 Å². The molecule has 0 aliphatic heterocycles. The first-order valence-electron chi connectivity index (χ1n) is 7.78. The van der Waals surface area contributed by atoms with Gasteiger partial charge in [0.15, 0.2) is 0 Å². The van der Waals surface area contributed by atoms with Crippen molar-refractivity contribution in [2.45, 2.75) is 19.3 Å². The number of rotatable bonds is 8. The van der Waals surface area contributed by atoms with Crippen LogP contribution in [0.1, 0.15) is 28.8 Å². The number of aromatic carboxylic acids is 1. The van der Waals surface area contributed by atoms with Crippen molar-refractivity contribution in [3.8, 4) is 11.1 Å². The maximum Gasteiger partial charge on any atom is 0.336 e. The van der Waals surface area contributed by atoms with E-state index in [1.165, 1.54) is 0 Å². The molecule has 24 heavy (non-hydrogen) atoms. The van der Waals surface area contributed by atoms with Gasteiger partial charge in [0.1, 0.15) is 0 Å². The first-order valence-corrected chi connectivity index (χ1v) is 8.41. The van der Waals surface area contributed by atoms with Crippen molar-refractivity contribution in [1.29, 1.82) is 0 Å². The topological polar surface area (TPSA) is 74.6 Å². The fourth-order valence-electron chi connectivity index (χ4n) is 2.72. The van der Waals surface area contributed by atoms with Gasteiger partial charge in [-0.15, -0.1) is 0 Å². The molecule has 4 nitrogen and oxygen atoms in total. The summed E-state index contributed by atoms with van der Waals surface area (Å²) in [6, 6.07) is 14.2. The predicted octanol–water partition coefficient (Wildman–Crippen LogP) is 4.01.